The van der Waals surface area contributed by atoms with Gasteiger partial charge in [0, 0.05) is 6.54 Å². The Hall–Kier alpha value is 0.250. The molecule has 0 spiro atoms. The summed E-state index contributed by atoms with van der Waals surface area (Å²) < 4.78 is 0. The summed E-state index contributed by atoms with van der Waals surface area (Å²) in [5.74, 6) is 0.951. The zero-order valence-electron chi connectivity index (χ0n) is 16.2. The summed E-state index contributed by atoms with van der Waals surface area (Å²) in [6.07, 6.45) is 21.9. The van der Waals surface area contributed by atoms with Gasteiger partial charge in [0.25, 0.3) is 0 Å². The molecule has 23 heavy (non-hydrogen) atoms. The molecule has 1 rings (SSSR count). The van der Waals surface area contributed by atoms with E-state index >= 15 is 0 Å². The highest BCUT2D eigenvalue weighted by molar-refractivity contribution is 5.85. The predicted octanol–water partition coefficient (Wildman–Crippen LogP) is 7.23. The summed E-state index contributed by atoms with van der Waals surface area (Å²) >= 11 is 0. The monoisotopic (exact) mass is 345 g/mol. The van der Waals surface area contributed by atoms with Crippen molar-refractivity contribution < 1.29 is 0 Å². The molecule has 140 valence electrons. The van der Waals surface area contributed by atoms with Gasteiger partial charge in [0.15, 0.2) is 0 Å². The third kappa shape index (κ3) is 14.3. The minimum atomic E-state index is 0. The molecular weight excluding hydrogens is 302 g/mol. The van der Waals surface area contributed by atoms with Gasteiger partial charge >= 0.3 is 0 Å². The largest absolute Gasteiger partial charge is 0.303 e. The quantitative estimate of drug-likeness (QED) is 0.283. The van der Waals surface area contributed by atoms with Gasteiger partial charge in [-0.3, -0.25) is 0 Å². The van der Waals surface area contributed by atoms with E-state index in [1.807, 2.05) is 0 Å². The van der Waals surface area contributed by atoms with Crippen LogP contribution in [0.15, 0.2) is 0 Å². The van der Waals surface area contributed by atoms with Gasteiger partial charge < -0.3 is 4.90 Å². The van der Waals surface area contributed by atoms with E-state index in [0.29, 0.717) is 0 Å². The maximum Gasteiger partial charge on any atom is 0.000750 e. The number of nitrogens with zero attached hydrogens (tertiary/aromatic N) is 1. The number of hydrogen-bond acceptors (Lipinski definition) is 1. The Morgan fingerprint density at radius 1 is 0.696 bits per heavy atom. The summed E-state index contributed by atoms with van der Waals surface area (Å²) in [7, 11) is 0. The molecule has 1 heterocycles. The van der Waals surface area contributed by atoms with Crippen LogP contribution >= 0.6 is 12.4 Å². The van der Waals surface area contributed by atoms with Gasteiger partial charge in [-0.2, -0.15) is 0 Å². The lowest BCUT2D eigenvalue weighted by molar-refractivity contribution is 0.317. The van der Waals surface area contributed by atoms with Crippen molar-refractivity contribution in [2.45, 2.75) is 110 Å². The van der Waals surface area contributed by atoms with E-state index in [9.17, 15) is 0 Å². The van der Waals surface area contributed by atoms with Crippen molar-refractivity contribution in [2.24, 2.45) is 5.92 Å². The molecule has 0 bridgehead atoms. The Balaban J connectivity index is 0.00000484. The van der Waals surface area contributed by atoms with E-state index < -0.39 is 0 Å². The Kier molecular flexibility index (Phi) is 17.3. The molecule has 0 aromatic heterocycles. The topological polar surface area (TPSA) is 3.24 Å². The van der Waals surface area contributed by atoms with Crippen molar-refractivity contribution >= 4 is 12.4 Å². The van der Waals surface area contributed by atoms with Gasteiger partial charge in [-0.05, 0) is 31.8 Å². The fourth-order valence-corrected chi connectivity index (χ4v) is 3.76. The van der Waals surface area contributed by atoms with Gasteiger partial charge in [-0.15, -0.1) is 12.4 Å². The number of rotatable bonds is 15. The Morgan fingerprint density at radius 2 is 1.13 bits per heavy atom. The molecule has 2 heteroatoms. The van der Waals surface area contributed by atoms with Crippen LogP contribution < -0.4 is 0 Å². The standard InChI is InChI=1S/C21H43N.ClH/c1-3-4-5-6-7-8-9-10-11-12-13-14-15-16-18-22-19-17-21(2)20-22;/h21H,3-20H2,1-2H3;1H. The maximum atomic E-state index is 2.67. The number of likely N-dealkylation sites (tertiary alicyclic amines) is 1. The van der Waals surface area contributed by atoms with Gasteiger partial charge in [0.2, 0.25) is 0 Å². The molecule has 1 saturated heterocycles. The molecule has 0 radical (unpaired) electrons. The second-order valence-corrected chi connectivity index (χ2v) is 7.79. The fourth-order valence-electron chi connectivity index (χ4n) is 3.76. The summed E-state index contributed by atoms with van der Waals surface area (Å²) in [4.78, 5) is 2.67. The van der Waals surface area contributed by atoms with Crippen LogP contribution in [0.25, 0.3) is 0 Å². The first kappa shape index (κ1) is 23.2. The van der Waals surface area contributed by atoms with Crippen LogP contribution in [0.3, 0.4) is 0 Å². The van der Waals surface area contributed by atoms with Crippen LogP contribution in [0.5, 0.6) is 0 Å². The van der Waals surface area contributed by atoms with Crippen LogP contribution in [-0.2, 0) is 0 Å². The summed E-state index contributed by atoms with van der Waals surface area (Å²) in [6, 6.07) is 0. The Morgan fingerprint density at radius 3 is 1.52 bits per heavy atom. The number of halogens is 1. The van der Waals surface area contributed by atoms with Crippen molar-refractivity contribution in [3.8, 4) is 0 Å². The third-order valence-electron chi connectivity index (χ3n) is 5.34. The molecule has 1 atom stereocenters. The smallest absolute Gasteiger partial charge is 0.000750 e. The fraction of sp³-hybridized carbons (Fsp3) is 1.00. The van der Waals surface area contributed by atoms with E-state index in [1.54, 1.807) is 0 Å². The minimum Gasteiger partial charge on any atom is -0.303 e. The van der Waals surface area contributed by atoms with E-state index in [2.05, 4.69) is 18.7 Å². The van der Waals surface area contributed by atoms with E-state index in [-0.39, 0.29) is 12.4 Å². The molecule has 1 aliphatic heterocycles. The molecule has 1 aliphatic rings. The van der Waals surface area contributed by atoms with Crippen molar-refractivity contribution in [1.82, 2.24) is 4.90 Å². The van der Waals surface area contributed by atoms with Gasteiger partial charge in [0.05, 0.1) is 0 Å². The summed E-state index contributed by atoms with van der Waals surface area (Å²) in [5.41, 5.74) is 0. The van der Waals surface area contributed by atoms with Gasteiger partial charge in [-0.25, -0.2) is 0 Å². The third-order valence-corrected chi connectivity index (χ3v) is 5.34. The Labute approximate surface area is 153 Å². The molecule has 0 aromatic rings. The first-order valence-corrected chi connectivity index (χ1v) is 10.5. The second kappa shape index (κ2) is 17.1. The molecule has 0 aliphatic carbocycles. The highest BCUT2D eigenvalue weighted by atomic mass is 35.5. The van der Waals surface area contributed by atoms with Crippen LogP contribution in [0.4, 0.5) is 0 Å². The molecule has 0 saturated carbocycles. The first-order chi connectivity index (χ1) is 10.8. The molecular formula is C21H44ClN. The highest BCUT2D eigenvalue weighted by Gasteiger charge is 2.17. The SMILES string of the molecule is CCCCCCCCCCCCCCCCN1CCC(C)C1.Cl. The number of hydrogen-bond donors (Lipinski definition) is 0. The zero-order valence-corrected chi connectivity index (χ0v) is 17.0. The maximum absolute atomic E-state index is 2.67. The van der Waals surface area contributed by atoms with Crippen molar-refractivity contribution in [1.29, 1.82) is 0 Å². The average molecular weight is 346 g/mol. The highest BCUT2D eigenvalue weighted by Crippen LogP contribution is 2.16. The molecule has 1 unspecified atom stereocenters. The van der Waals surface area contributed by atoms with E-state index in [1.165, 1.54) is 116 Å². The van der Waals surface area contributed by atoms with E-state index in [4.69, 9.17) is 0 Å². The Bertz CT molecular complexity index is 232. The van der Waals surface area contributed by atoms with Crippen molar-refractivity contribution in [3.05, 3.63) is 0 Å². The lowest BCUT2D eigenvalue weighted by Gasteiger charge is -2.14. The van der Waals surface area contributed by atoms with Crippen molar-refractivity contribution in [2.75, 3.05) is 19.6 Å². The minimum absolute atomic E-state index is 0. The lowest BCUT2D eigenvalue weighted by Crippen LogP contribution is -2.21. The van der Waals surface area contributed by atoms with Gasteiger partial charge in [-0.1, -0.05) is 97.3 Å². The molecule has 1 fully saturated rings. The van der Waals surface area contributed by atoms with Crippen LogP contribution in [0.1, 0.15) is 110 Å². The molecule has 0 N–H and O–H groups in total. The lowest BCUT2D eigenvalue weighted by atomic mass is 10.0. The van der Waals surface area contributed by atoms with Crippen LogP contribution in [0, 0.1) is 5.92 Å². The predicted molar refractivity (Wildman–Crippen MR) is 108 cm³/mol. The molecule has 0 amide bonds. The normalized spacial score (nSPS) is 18.3. The van der Waals surface area contributed by atoms with E-state index in [0.717, 1.165) is 5.92 Å². The zero-order chi connectivity index (χ0) is 15.9. The van der Waals surface area contributed by atoms with Crippen molar-refractivity contribution in [3.63, 3.8) is 0 Å². The van der Waals surface area contributed by atoms with Crippen LogP contribution in [-0.4, -0.2) is 24.5 Å². The number of unbranched alkanes of at least 4 members (excludes halogenated alkanes) is 13. The first-order valence-electron chi connectivity index (χ1n) is 10.5. The summed E-state index contributed by atoms with van der Waals surface area (Å²) in [5, 5.41) is 0. The second-order valence-electron chi connectivity index (χ2n) is 7.79. The van der Waals surface area contributed by atoms with Crippen LogP contribution in [0.2, 0.25) is 0 Å². The molecule has 0 aromatic carbocycles. The summed E-state index contributed by atoms with van der Waals surface area (Å²) in [6.45, 7) is 8.78. The van der Waals surface area contributed by atoms with Gasteiger partial charge in [0.1, 0.15) is 0 Å². The molecule has 1 nitrogen and oxygen atoms in total. The average Bonchev–Trinajstić information content (AvgIpc) is 2.93.